The number of anilines is 2. The first-order valence-corrected chi connectivity index (χ1v) is 9.01. The molecular weight excluding hydrogens is 388 g/mol. The van der Waals surface area contributed by atoms with Gasteiger partial charge >= 0.3 is 0 Å². The smallest absolute Gasteiger partial charge is 0.251 e. The number of rotatable bonds is 6. The van der Waals surface area contributed by atoms with E-state index in [1.165, 1.54) is 31.1 Å². The Hall–Kier alpha value is -2.67. The van der Waals surface area contributed by atoms with E-state index in [4.69, 9.17) is 11.6 Å². The van der Waals surface area contributed by atoms with E-state index in [0.29, 0.717) is 10.6 Å². The molecule has 2 N–H and O–H groups in total. The second-order valence-electron chi connectivity index (χ2n) is 6.87. The van der Waals surface area contributed by atoms with E-state index in [1.54, 1.807) is 26.0 Å². The van der Waals surface area contributed by atoms with Crippen molar-refractivity contribution in [2.45, 2.75) is 19.9 Å². The Morgan fingerprint density at radius 1 is 1.04 bits per heavy atom. The maximum atomic E-state index is 14.1. The van der Waals surface area contributed by atoms with Crippen LogP contribution in [0.1, 0.15) is 24.2 Å². The zero-order valence-electron chi connectivity index (χ0n) is 16.0. The van der Waals surface area contributed by atoms with Crippen LogP contribution in [0, 0.1) is 17.6 Å². The Morgan fingerprint density at radius 2 is 1.57 bits per heavy atom. The van der Waals surface area contributed by atoms with E-state index < -0.39 is 29.5 Å². The lowest BCUT2D eigenvalue weighted by atomic mass is 10.0. The molecule has 1 unspecified atom stereocenters. The number of halogens is 3. The quantitative estimate of drug-likeness (QED) is 0.755. The summed E-state index contributed by atoms with van der Waals surface area (Å²) in [5.41, 5.74) is 0.113. The number of nitrogens with zero attached hydrogens (tertiary/aromatic N) is 1. The third kappa shape index (κ3) is 5.19. The summed E-state index contributed by atoms with van der Waals surface area (Å²) in [6, 6.07) is 7.39. The third-order valence-corrected chi connectivity index (χ3v) is 4.33. The van der Waals surface area contributed by atoms with Crippen LogP contribution in [0.25, 0.3) is 0 Å². The SMILES string of the molecule is CC(C)C(NC(=O)c1ccc(Cl)cc1)C(=O)Nc1cc(F)c(N(C)C)c(F)c1. The number of nitrogens with one attached hydrogen (secondary N) is 2. The molecule has 2 aromatic carbocycles. The van der Waals surface area contributed by atoms with Crippen molar-refractivity contribution in [3.63, 3.8) is 0 Å². The van der Waals surface area contributed by atoms with Gasteiger partial charge in [0.1, 0.15) is 11.7 Å². The van der Waals surface area contributed by atoms with Crippen molar-refractivity contribution in [3.8, 4) is 0 Å². The Bertz CT molecular complexity index is 847. The van der Waals surface area contributed by atoms with Crippen LogP contribution < -0.4 is 15.5 Å². The Morgan fingerprint density at radius 3 is 2.04 bits per heavy atom. The van der Waals surface area contributed by atoms with E-state index in [9.17, 15) is 18.4 Å². The number of carbonyl (C=O) groups is 2. The number of benzene rings is 2. The molecule has 1 atom stereocenters. The minimum absolute atomic E-state index is 0.0306. The van der Waals surface area contributed by atoms with Crippen molar-refractivity contribution in [2.24, 2.45) is 5.92 Å². The maximum absolute atomic E-state index is 14.1. The van der Waals surface area contributed by atoms with Gasteiger partial charge in [0.25, 0.3) is 5.91 Å². The predicted octanol–water partition coefficient (Wildman–Crippen LogP) is 4.08. The van der Waals surface area contributed by atoms with E-state index in [2.05, 4.69) is 10.6 Å². The Kier molecular flexibility index (Phi) is 6.96. The third-order valence-electron chi connectivity index (χ3n) is 4.07. The highest BCUT2D eigenvalue weighted by Gasteiger charge is 2.25. The summed E-state index contributed by atoms with van der Waals surface area (Å²) in [6.07, 6.45) is 0. The molecule has 8 heteroatoms. The molecule has 150 valence electrons. The minimum atomic E-state index is -0.900. The molecule has 0 fully saturated rings. The van der Waals surface area contributed by atoms with E-state index in [1.807, 2.05) is 0 Å². The normalized spacial score (nSPS) is 11.9. The summed E-state index contributed by atoms with van der Waals surface area (Å²) in [5, 5.41) is 5.59. The summed E-state index contributed by atoms with van der Waals surface area (Å²) < 4.78 is 28.2. The van der Waals surface area contributed by atoms with Crippen LogP contribution in [0.3, 0.4) is 0 Å². The fourth-order valence-electron chi connectivity index (χ4n) is 2.65. The molecule has 0 saturated carbocycles. The van der Waals surface area contributed by atoms with Gasteiger partial charge in [-0.3, -0.25) is 9.59 Å². The van der Waals surface area contributed by atoms with Gasteiger partial charge in [0.05, 0.1) is 0 Å². The number of hydrogen-bond acceptors (Lipinski definition) is 3. The van der Waals surface area contributed by atoms with Gasteiger partial charge in [0.15, 0.2) is 11.6 Å². The van der Waals surface area contributed by atoms with Crippen LogP contribution >= 0.6 is 11.6 Å². The van der Waals surface area contributed by atoms with Gasteiger partial charge in [-0.15, -0.1) is 0 Å². The van der Waals surface area contributed by atoms with Crippen molar-refractivity contribution < 1.29 is 18.4 Å². The van der Waals surface area contributed by atoms with Gasteiger partial charge in [-0.25, -0.2) is 8.78 Å². The second kappa shape index (κ2) is 9.01. The number of carbonyl (C=O) groups excluding carboxylic acids is 2. The molecule has 2 rings (SSSR count). The highest BCUT2D eigenvalue weighted by Crippen LogP contribution is 2.25. The molecule has 0 radical (unpaired) electrons. The fraction of sp³-hybridized carbons (Fsp3) is 0.300. The number of amides is 2. The Labute approximate surface area is 167 Å². The molecule has 0 aromatic heterocycles. The van der Waals surface area contributed by atoms with Gasteiger partial charge in [0.2, 0.25) is 5.91 Å². The van der Waals surface area contributed by atoms with Gasteiger partial charge in [-0.2, -0.15) is 0 Å². The molecule has 2 aromatic rings. The summed E-state index contributed by atoms with van der Waals surface area (Å²) in [5.74, 6) is -2.88. The van der Waals surface area contributed by atoms with Crippen molar-refractivity contribution in [1.82, 2.24) is 5.32 Å². The first kappa shape index (κ1) is 21.6. The number of hydrogen-bond donors (Lipinski definition) is 2. The van der Waals surface area contributed by atoms with Crippen molar-refractivity contribution >= 4 is 34.8 Å². The molecule has 2 amide bonds. The lowest BCUT2D eigenvalue weighted by Crippen LogP contribution is -2.47. The maximum Gasteiger partial charge on any atom is 0.251 e. The van der Waals surface area contributed by atoms with Gasteiger partial charge in [-0.1, -0.05) is 25.4 Å². The molecular formula is C20H22ClF2N3O2. The zero-order valence-corrected chi connectivity index (χ0v) is 16.8. The van der Waals surface area contributed by atoms with Crippen LogP contribution in [-0.4, -0.2) is 32.0 Å². The van der Waals surface area contributed by atoms with Crippen molar-refractivity contribution in [3.05, 3.63) is 58.6 Å². The standard InChI is InChI=1S/C20H22ClF2N3O2/c1-11(2)17(25-19(27)12-5-7-13(21)8-6-12)20(28)24-14-9-15(22)18(26(3)4)16(23)10-14/h5-11,17H,1-4H3,(H,24,28)(H,25,27). The van der Waals surface area contributed by atoms with E-state index in [-0.39, 0.29) is 17.3 Å². The monoisotopic (exact) mass is 409 g/mol. The van der Waals surface area contributed by atoms with Gasteiger partial charge < -0.3 is 15.5 Å². The van der Waals surface area contributed by atoms with Crippen LogP contribution in [0.4, 0.5) is 20.2 Å². The fourth-order valence-corrected chi connectivity index (χ4v) is 2.77. The highest BCUT2D eigenvalue weighted by atomic mass is 35.5. The zero-order chi connectivity index (χ0) is 21.0. The molecule has 0 aliphatic rings. The predicted molar refractivity (Wildman–Crippen MR) is 107 cm³/mol. The summed E-state index contributed by atoms with van der Waals surface area (Å²) in [4.78, 5) is 26.3. The molecule has 0 aliphatic carbocycles. The van der Waals surface area contributed by atoms with Crippen LogP contribution in [0.2, 0.25) is 5.02 Å². The lowest BCUT2D eigenvalue weighted by Gasteiger charge is -2.22. The summed E-state index contributed by atoms with van der Waals surface area (Å²) in [6.45, 7) is 3.51. The van der Waals surface area contributed by atoms with Gasteiger partial charge in [0, 0.05) is 30.4 Å². The van der Waals surface area contributed by atoms with Gasteiger partial charge in [-0.05, 0) is 42.3 Å². The summed E-state index contributed by atoms with van der Waals surface area (Å²) >= 11 is 5.81. The molecule has 0 heterocycles. The Balaban J connectivity index is 2.17. The van der Waals surface area contributed by atoms with Crippen molar-refractivity contribution in [2.75, 3.05) is 24.3 Å². The first-order chi connectivity index (χ1) is 13.1. The topological polar surface area (TPSA) is 61.4 Å². The average molecular weight is 410 g/mol. The molecule has 0 spiro atoms. The second-order valence-corrected chi connectivity index (χ2v) is 7.31. The first-order valence-electron chi connectivity index (χ1n) is 8.63. The summed E-state index contributed by atoms with van der Waals surface area (Å²) in [7, 11) is 3.03. The van der Waals surface area contributed by atoms with Crippen molar-refractivity contribution in [1.29, 1.82) is 0 Å². The molecule has 5 nitrogen and oxygen atoms in total. The highest BCUT2D eigenvalue weighted by molar-refractivity contribution is 6.30. The molecule has 0 bridgehead atoms. The average Bonchev–Trinajstić information content (AvgIpc) is 2.58. The molecule has 0 aliphatic heterocycles. The van der Waals surface area contributed by atoms with Crippen LogP contribution in [0.15, 0.2) is 36.4 Å². The van der Waals surface area contributed by atoms with Crippen LogP contribution in [-0.2, 0) is 4.79 Å². The van der Waals surface area contributed by atoms with E-state index in [0.717, 1.165) is 12.1 Å². The molecule has 0 saturated heterocycles. The lowest BCUT2D eigenvalue weighted by molar-refractivity contribution is -0.118. The van der Waals surface area contributed by atoms with E-state index >= 15 is 0 Å². The van der Waals surface area contributed by atoms with Crippen LogP contribution in [0.5, 0.6) is 0 Å². The molecule has 28 heavy (non-hydrogen) atoms. The largest absolute Gasteiger partial charge is 0.373 e. The minimum Gasteiger partial charge on any atom is -0.373 e.